The molecule has 1 aliphatic heterocycles. The van der Waals surface area contributed by atoms with Gasteiger partial charge in [0.15, 0.2) is 0 Å². The smallest absolute Gasteiger partial charge is 0.227 e. The van der Waals surface area contributed by atoms with Crippen LogP contribution in [0.3, 0.4) is 0 Å². The second kappa shape index (κ2) is 8.68. The number of amides is 2. The Kier molecular flexibility index (Phi) is 6.61. The molecule has 0 spiro atoms. The topological polar surface area (TPSA) is 61.9 Å². The van der Waals surface area contributed by atoms with E-state index < -0.39 is 0 Å². The van der Waals surface area contributed by atoms with Crippen molar-refractivity contribution >= 4 is 17.5 Å². The predicted octanol–water partition coefficient (Wildman–Crippen LogP) is 1.51. The van der Waals surface area contributed by atoms with Gasteiger partial charge in [0.1, 0.15) is 5.75 Å². The first-order chi connectivity index (χ1) is 11.6. The van der Waals surface area contributed by atoms with E-state index in [1.54, 1.807) is 12.0 Å². The van der Waals surface area contributed by atoms with Gasteiger partial charge in [-0.15, -0.1) is 0 Å². The van der Waals surface area contributed by atoms with Gasteiger partial charge in [-0.1, -0.05) is 19.9 Å². The fourth-order valence-corrected chi connectivity index (χ4v) is 2.93. The van der Waals surface area contributed by atoms with E-state index in [1.807, 2.05) is 24.3 Å². The molecule has 1 aromatic carbocycles. The van der Waals surface area contributed by atoms with Crippen LogP contribution in [0.25, 0.3) is 0 Å². The quantitative estimate of drug-likeness (QED) is 0.783. The third-order valence-electron chi connectivity index (χ3n) is 4.48. The monoisotopic (exact) mass is 333 g/mol. The largest absolute Gasteiger partial charge is 0.497 e. The summed E-state index contributed by atoms with van der Waals surface area (Å²) in [5.74, 6) is 0.348. The van der Waals surface area contributed by atoms with Crippen molar-refractivity contribution in [2.24, 2.45) is 5.92 Å². The van der Waals surface area contributed by atoms with Crippen LogP contribution in [0.4, 0.5) is 5.69 Å². The Morgan fingerprint density at radius 2 is 2.12 bits per heavy atom. The molecule has 6 nitrogen and oxygen atoms in total. The molecular formula is C18H27N3O3. The SMILES string of the molecule is CCN(CC)CCNC(=O)[C@H]1CC(=O)N(c2cccc(OC)c2)C1. The number of hydrogen-bond donors (Lipinski definition) is 1. The molecular weight excluding hydrogens is 306 g/mol. The first-order valence-corrected chi connectivity index (χ1v) is 8.53. The van der Waals surface area contributed by atoms with Crippen LogP contribution in [0.1, 0.15) is 20.3 Å². The van der Waals surface area contributed by atoms with E-state index in [1.165, 1.54) is 0 Å². The maximum atomic E-state index is 12.3. The van der Waals surface area contributed by atoms with Crippen LogP contribution in [0.5, 0.6) is 5.75 Å². The average molecular weight is 333 g/mol. The van der Waals surface area contributed by atoms with Gasteiger partial charge >= 0.3 is 0 Å². The van der Waals surface area contributed by atoms with Crippen LogP contribution in [0.2, 0.25) is 0 Å². The fourth-order valence-electron chi connectivity index (χ4n) is 2.93. The number of carbonyl (C=O) groups excluding carboxylic acids is 2. The van der Waals surface area contributed by atoms with Crippen LogP contribution < -0.4 is 15.0 Å². The number of benzene rings is 1. The zero-order chi connectivity index (χ0) is 17.5. The highest BCUT2D eigenvalue weighted by Crippen LogP contribution is 2.27. The summed E-state index contributed by atoms with van der Waals surface area (Å²) in [6.45, 7) is 8.02. The molecule has 0 aromatic heterocycles. The number of anilines is 1. The van der Waals surface area contributed by atoms with Crippen molar-refractivity contribution in [3.8, 4) is 5.75 Å². The molecule has 0 saturated carbocycles. The summed E-state index contributed by atoms with van der Waals surface area (Å²) in [7, 11) is 1.59. The Bertz CT molecular complexity index is 572. The summed E-state index contributed by atoms with van der Waals surface area (Å²) in [6.07, 6.45) is 0.258. The zero-order valence-electron chi connectivity index (χ0n) is 14.7. The lowest BCUT2D eigenvalue weighted by Gasteiger charge is -2.19. The molecule has 24 heavy (non-hydrogen) atoms. The molecule has 2 amide bonds. The van der Waals surface area contributed by atoms with Crippen molar-refractivity contribution in [2.45, 2.75) is 20.3 Å². The van der Waals surface area contributed by atoms with Crippen molar-refractivity contribution in [3.63, 3.8) is 0 Å². The molecule has 6 heteroatoms. The van der Waals surface area contributed by atoms with Crippen molar-refractivity contribution in [1.29, 1.82) is 0 Å². The number of nitrogens with one attached hydrogen (secondary N) is 1. The normalized spacial score (nSPS) is 17.4. The lowest BCUT2D eigenvalue weighted by atomic mass is 10.1. The van der Waals surface area contributed by atoms with Gasteiger partial charge in [0.2, 0.25) is 11.8 Å². The molecule has 132 valence electrons. The maximum Gasteiger partial charge on any atom is 0.227 e. The number of ether oxygens (including phenoxy) is 1. The lowest BCUT2D eigenvalue weighted by Crippen LogP contribution is -2.38. The van der Waals surface area contributed by atoms with E-state index in [4.69, 9.17) is 4.74 Å². The first-order valence-electron chi connectivity index (χ1n) is 8.53. The molecule has 1 atom stereocenters. The zero-order valence-corrected chi connectivity index (χ0v) is 14.7. The van der Waals surface area contributed by atoms with Crippen LogP contribution in [0, 0.1) is 5.92 Å². The number of rotatable bonds is 8. The van der Waals surface area contributed by atoms with Crippen molar-refractivity contribution in [1.82, 2.24) is 10.2 Å². The molecule has 1 heterocycles. The summed E-state index contributed by atoms with van der Waals surface area (Å²) in [4.78, 5) is 28.5. The molecule has 1 aromatic rings. The number of nitrogens with zero attached hydrogens (tertiary/aromatic N) is 2. The molecule has 1 saturated heterocycles. The Balaban J connectivity index is 1.90. The van der Waals surface area contributed by atoms with Crippen molar-refractivity contribution < 1.29 is 14.3 Å². The number of methoxy groups -OCH3 is 1. The number of likely N-dealkylation sites (N-methyl/N-ethyl adjacent to an activating group) is 1. The molecule has 0 aliphatic carbocycles. The van der Waals surface area contributed by atoms with Crippen molar-refractivity contribution in [2.75, 3.05) is 44.7 Å². The minimum absolute atomic E-state index is 0.0212. The standard InChI is InChI=1S/C18H27N3O3/c1-4-20(5-2)10-9-19-18(23)14-11-17(22)21(13-14)15-7-6-8-16(12-15)24-3/h6-8,12,14H,4-5,9-11,13H2,1-3H3,(H,19,23)/t14-/m0/s1. The molecule has 1 aliphatic rings. The summed E-state index contributed by atoms with van der Waals surface area (Å²) in [5, 5.41) is 2.95. The molecule has 2 rings (SSSR count). The highest BCUT2D eigenvalue weighted by Gasteiger charge is 2.35. The molecule has 1 N–H and O–H groups in total. The Morgan fingerprint density at radius 3 is 2.79 bits per heavy atom. The van der Waals surface area contributed by atoms with E-state index in [2.05, 4.69) is 24.1 Å². The summed E-state index contributed by atoms with van der Waals surface area (Å²) < 4.78 is 5.20. The highest BCUT2D eigenvalue weighted by molar-refractivity contribution is 6.00. The molecule has 0 radical (unpaired) electrons. The van der Waals surface area contributed by atoms with Crippen molar-refractivity contribution in [3.05, 3.63) is 24.3 Å². The Hall–Kier alpha value is -2.08. The number of hydrogen-bond acceptors (Lipinski definition) is 4. The predicted molar refractivity (Wildman–Crippen MR) is 94.3 cm³/mol. The van der Waals surface area contributed by atoms with E-state index in [-0.39, 0.29) is 24.2 Å². The summed E-state index contributed by atoms with van der Waals surface area (Å²) in [5.41, 5.74) is 0.776. The molecule has 0 unspecified atom stereocenters. The van der Waals surface area contributed by atoms with Gasteiger partial charge in [-0.3, -0.25) is 9.59 Å². The minimum atomic E-state index is -0.291. The third kappa shape index (κ3) is 4.47. The van der Waals surface area contributed by atoms with E-state index in [0.29, 0.717) is 18.8 Å². The fraction of sp³-hybridized carbons (Fsp3) is 0.556. The second-order valence-electron chi connectivity index (χ2n) is 5.92. The van der Waals surface area contributed by atoms with Gasteiger partial charge in [-0.05, 0) is 25.2 Å². The summed E-state index contributed by atoms with van der Waals surface area (Å²) >= 11 is 0. The van der Waals surface area contributed by atoms with Crippen LogP contribution in [-0.2, 0) is 9.59 Å². The van der Waals surface area contributed by atoms with Gasteiger partial charge in [0.05, 0.1) is 13.0 Å². The van der Waals surface area contributed by atoms with Crippen LogP contribution in [-0.4, -0.2) is 56.5 Å². The highest BCUT2D eigenvalue weighted by atomic mass is 16.5. The van der Waals surface area contributed by atoms with Crippen LogP contribution in [0.15, 0.2) is 24.3 Å². The molecule has 1 fully saturated rings. The lowest BCUT2D eigenvalue weighted by molar-refractivity contribution is -0.126. The van der Waals surface area contributed by atoms with Crippen LogP contribution >= 0.6 is 0 Å². The average Bonchev–Trinajstić information content (AvgIpc) is 3.00. The van der Waals surface area contributed by atoms with Gasteiger partial charge in [0, 0.05) is 37.8 Å². The van der Waals surface area contributed by atoms with E-state index in [9.17, 15) is 9.59 Å². The number of carbonyl (C=O) groups is 2. The minimum Gasteiger partial charge on any atom is -0.497 e. The van der Waals surface area contributed by atoms with E-state index in [0.717, 1.165) is 25.3 Å². The Morgan fingerprint density at radius 1 is 1.38 bits per heavy atom. The maximum absolute atomic E-state index is 12.3. The van der Waals surface area contributed by atoms with E-state index >= 15 is 0 Å². The van der Waals surface area contributed by atoms with Gasteiger partial charge in [0.25, 0.3) is 0 Å². The first kappa shape index (κ1) is 18.3. The van der Waals surface area contributed by atoms with Gasteiger partial charge in [-0.2, -0.15) is 0 Å². The summed E-state index contributed by atoms with van der Waals surface area (Å²) in [6, 6.07) is 7.36. The molecule has 0 bridgehead atoms. The second-order valence-corrected chi connectivity index (χ2v) is 5.92. The third-order valence-corrected chi connectivity index (χ3v) is 4.48. The van der Waals surface area contributed by atoms with Gasteiger partial charge < -0.3 is 19.9 Å². The Labute approximate surface area is 143 Å². The van der Waals surface area contributed by atoms with Gasteiger partial charge in [-0.25, -0.2) is 0 Å².